The Labute approximate surface area is 190 Å². The topological polar surface area (TPSA) is 113 Å². The number of hydrogen-bond acceptors (Lipinski definition) is 7. The molecule has 2 aromatic heterocycles. The minimum absolute atomic E-state index is 0.00731. The number of hydrogen-bond donors (Lipinski definition) is 1. The number of halogens is 4. The lowest BCUT2D eigenvalue weighted by Gasteiger charge is -2.34. The van der Waals surface area contributed by atoms with E-state index in [0.29, 0.717) is 13.1 Å². The first-order valence-electron chi connectivity index (χ1n) is 9.85. The van der Waals surface area contributed by atoms with Gasteiger partial charge in [0.1, 0.15) is 5.69 Å². The van der Waals surface area contributed by atoms with E-state index in [1.807, 2.05) is 4.90 Å². The lowest BCUT2D eigenvalue weighted by molar-refractivity contribution is -0.138. The average Bonchev–Trinajstić information content (AvgIpc) is 3.43. The molecule has 1 aliphatic rings. The lowest BCUT2D eigenvalue weighted by atomic mass is 10.0. The predicted molar refractivity (Wildman–Crippen MR) is 110 cm³/mol. The maximum Gasteiger partial charge on any atom is 0.416 e. The molecular formula is C19H18ClF3N8O2. The van der Waals surface area contributed by atoms with E-state index in [1.165, 1.54) is 30.2 Å². The molecule has 3 heterocycles. The molecule has 1 N–H and O–H groups in total. The van der Waals surface area contributed by atoms with Gasteiger partial charge in [-0.2, -0.15) is 23.0 Å². The highest BCUT2D eigenvalue weighted by Gasteiger charge is 2.35. The van der Waals surface area contributed by atoms with Gasteiger partial charge in [0.15, 0.2) is 11.6 Å². The second-order valence-electron chi connectivity index (χ2n) is 7.49. The quantitative estimate of drug-likeness (QED) is 0.569. The predicted octanol–water partition coefficient (Wildman–Crippen LogP) is 2.72. The van der Waals surface area contributed by atoms with Crippen molar-refractivity contribution in [2.24, 2.45) is 0 Å². The van der Waals surface area contributed by atoms with Crippen LogP contribution in [0, 0.1) is 0 Å². The van der Waals surface area contributed by atoms with Crippen LogP contribution in [0.15, 0.2) is 24.4 Å². The molecule has 1 aliphatic heterocycles. The molecule has 0 aliphatic carbocycles. The summed E-state index contributed by atoms with van der Waals surface area (Å²) in [4.78, 5) is 27.5. The van der Waals surface area contributed by atoms with Crippen molar-refractivity contribution in [2.45, 2.75) is 19.6 Å². The molecule has 33 heavy (non-hydrogen) atoms. The maximum absolute atomic E-state index is 13.7. The average molecular weight is 483 g/mol. The number of ketones is 1. The van der Waals surface area contributed by atoms with Crippen molar-refractivity contribution in [2.75, 3.05) is 26.2 Å². The van der Waals surface area contributed by atoms with Crippen LogP contribution in [0.4, 0.5) is 18.0 Å². The van der Waals surface area contributed by atoms with Crippen molar-refractivity contribution >= 4 is 23.4 Å². The lowest BCUT2D eigenvalue weighted by Crippen LogP contribution is -2.49. The zero-order valence-electron chi connectivity index (χ0n) is 17.3. The molecule has 1 amide bonds. The first-order valence-corrected chi connectivity index (χ1v) is 10.2. The zero-order valence-corrected chi connectivity index (χ0v) is 18.1. The monoisotopic (exact) mass is 482 g/mol. The Morgan fingerprint density at radius 3 is 2.48 bits per heavy atom. The zero-order chi connectivity index (χ0) is 23.8. The standard InChI is InChI=1S/C19H18ClF3N8O2/c1-11(32)16-15(20)10-31(26-16)18(33)30-6-4-29(5-7-30)9-13-3-2-12(17-24-27-28-25-17)8-14(13)19(21,22)23/h2-3,8,10H,4-7,9H2,1H3,(H,24,25,27,28). The van der Waals surface area contributed by atoms with Gasteiger partial charge in [-0.15, -0.1) is 5.10 Å². The largest absolute Gasteiger partial charge is 0.416 e. The van der Waals surface area contributed by atoms with Crippen molar-refractivity contribution in [1.29, 1.82) is 0 Å². The summed E-state index contributed by atoms with van der Waals surface area (Å²) in [6.07, 6.45) is -3.28. The van der Waals surface area contributed by atoms with Crippen molar-refractivity contribution in [3.05, 3.63) is 46.2 Å². The number of Topliss-reactive ketones (excluding diaryl/α,β-unsaturated/α-hetero) is 1. The van der Waals surface area contributed by atoms with Gasteiger partial charge in [-0.3, -0.25) is 9.69 Å². The van der Waals surface area contributed by atoms with Gasteiger partial charge in [0.2, 0.25) is 0 Å². The van der Waals surface area contributed by atoms with Crippen LogP contribution in [0.25, 0.3) is 11.4 Å². The number of aromatic amines is 1. The van der Waals surface area contributed by atoms with Crippen LogP contribution in [0.5, 0.6) is 0 Å². The number of alkyl halides is 3. The van der Waals surface area contributed by atoms with E-state index >= 15 is 0 Å². The Morgan fingerprint density at radius 1 is 1.18 bits per heavy atom. The van der Waals surface area contributed by atoms with E-state index in [2.05, 4.69) is 25.7 Å². The Morgan fingerprint density at radius 2 is 1.91 bits per heavy atom. The van der Waals surface area contributed by atoms with Crippen LogP contribution >= 0.6 is 11.6 Å². The molecule has 0 bridgehead atoms. The molecule has 0 radical (unpaired) electrons. The van der Waals surface area contributed by atoms with Crippen LogP contribution in [0.2, 0.25) is 5.02 Å². The fourth-order valence-electron chi connectivity index (χ4n) is 3.58. The number of carbonyl (C=O) groups is 2. The summed E-state index contributed by atoms with van der Waals surface area (Å²) in [5, 5.41) is 16.9. The summed E-state index contributed by atoms with van der Waals surface area (Å²) in [5.41, 5.74) is -0.413. The Hall–Kier alpha value is -3.32. The molecule has 14 heteroatoms. The molecule has 1 saturated heterocycles. The van der Waals surface area contributed by atoms with E-state index in [0.717, 1.165) is 10.7 Å². The summed E-state index contributed by atoms with van der Waals surface area (Å²) < 4.78 is 42.1. The first kappa shape index (κ1) is 22.9. The number of piperazine rings is 1. The fourth-order valence-corrected chi connectivity index (χ4v) is 3.84. The molecule has 1 aromatic carbocycles. The highest BCUT2D eigenvalue weighted by atomic mass is 35.5. The minimum Gasteiger partial charge on any atom is -0.320 e. The van der Waals surface area contributed by atoms with Crippen molar-refractivity contribution < 1.29 is 22.8 Å². The van der Waals surface area contributed by atoms with Gasteiger partial charge < -0.3 is 4.90 Å². The van der Waals surface area contributed by atoms with Gasteiger partial charge in [-0.25, -0.2) is 9.89 Å². The van der Waals surface area contributed by atoms with E-state index < -0.39 is 17.8 Å². The molecule has 10 nitrogen and oxygen atoms in total. The molecule has 0 atom stereocenters. The number of aromatic nitrogens is 6. The van der Waals surface area contributed by atoms with E-state index in [-0.39, 0.29) is 53.1 Å². The molecule has 0 spiro atoms. The normalized spacial score (nSPS) is 15.1. The summed E-state index contributed by atoms with van der Waals surface area (Å²) in [6.45, 7) is 2.67. The maximum atomic E-state index is 13.7. The number of rotatable bonds is 4. The second kappa shape index (κ2) is 8.90. The summed E-state index contributed by atoms with van der Waals surface area (Å²) in [7, 11) is 0. The summed E-state index contributed by atoms with van der Waals surface area (Å²) in [5.74, 6) is -0.215. The first-order chi connectivity index (χ1) is 15.6. The Balaban J connectivity index is 1.44. The van der Waals surface area contributed by atoms with Crippen LogP contribution < -0.4 is 0 Å². The number of H-pyrrole nitrogens is 1. The molecule has 0 saturated carbocycles. The van der Waals surface area contributed by atoms with Crippen molar-refractivity contribution in [3.8, 4) is 11.4 Å². The number of nitrogens with one attached hydrogen (secondary N) is 1. The SMILES string of the molecule is CC(=O)c1nn(C(=O)N2CCN(Cc3ccc(-c4nnn[nH]4)cc3C(F)(F)F)CC2)cc1Cl. The van der Waals surface area contributed by atoms with Crippen molar-refractivity contribution in [1.82, 2.24) is 40.2 Å². The van der Waals surface area contributed by atoms with Gasteiger partial charge >= 0.3 is 12.2 Å². The fraction of sp³-hybridized carbons (Fsp3) is 0.368. The van der Waals surface area contributed by atoms with Gasteiger partial charge in [-0.1, -0.05) is 23.7 Å². The van der Waals surface area contributed by atoms with Gasteiger partial charge in [0.25, 0.3) is 0 Å². The van der Waals surface area contributed by atoms with Crippen LogP contribution in [-0.2, 0) is 12.7 Å². The number of amides is 1. The third-order valence-corrected chi connectivity index (χ3v) is 5.55. The van der Waals surface area contributed by atoms with E-state index in [1.54, 1.807) is 0 Å². The summed E-state index contributed by atoms with van der Waals surface area (Å²) in [6, 6.07) is 3.50. The van der Waals surface area contributed by atoms with Crippen LogP contribution in [0.1, 0.15) is 28.5 Å². The molecule has 0 unspecified atom stereocenters. The Kier molecular flexibility index (Phi) is 6.17. The molecular weight excluding hydrogens is 465 g/mol. The molecule has 1 fully saturated rings. The van der Waals surface area contributed by atoms with Crippen LogP contribution in [0.3, 0.4) is 0 Å². The summed E-state index contributed by atoms with van der Waals surface area (Å²) >= 11 is 5.94. The molecule has 4 rings (SSSR count). The van der Waals surface area contributed by atoms with Gasteiger partial charge in [-0.05, 0) is 22.1 Å². The van der Waals surface area contributed by atoms with Gasteiger partial charge in [0.05, 0.1) is 16.8 Å². The smallest absolute Gasteiger partial charge is 0.320 e. The Bertz CT molecular complexity index is 1170. The number of benzene rings is 1. The highest BCUT2D eigenvalue weighted by molar-refractivity contribution is 6.33. The molecule has 174 valence electrons. The van der Waals surface area contributed by atoms with Gasteiger partial charge in [0, 0.05) is 45.2 Å². The number of nitrogens with zero attached hydrogens (tertiary/aromatic N) is 7. The third kappa shape index (κ3) is 4.88. The second-order valence-corrected chi connectivity index (χ2v) is 7.90. The minimum atomic E-state index is -4.55. The highest BCUT2D eigenvalue weighted by Crippen LogP contribution is 2.35. The van der Waals surface area contributed by atoms with Crippen molar-refractivity contribution in [3.63, 3.8) is 0 Å². The molecule has 3 aromatic rings. The number of carbonyl (C=O) groups excluding carboxylic acids is 2. The van der Waals surface area contributed by atoms with E-state index in [9.17, 15) is 22.8 Å². The number of tetrazole rings is 1. The third-order valence-electron chi connectivity index (χ3n) is 5.27. The van der Waals surface area contributed by atoms with Crippen LogP contribution in [-0.4, -0.2) is 78.2 Å². The van der Waals surface area contributed by atoms with E-state index in [4.69, 9.17) is 11.6 Å².